The first-order valence-corrected chi connectivity index (χ1v) is 10.0. The number of guanidine groups is 1. The Bertz CT molecular complexity index is 492. The van der Waals surface area contributed by atoms with Crippen LogP contribution in [0.2, 0.25) is 0 Å². The van der Waals surface area contributed by atoms with E-state index in [0.29, 0.717) is 0 Å². The molecule has 1 saturated heterocycles. The fraction of sp³-hybridized carbons (Fsp3) is 0.667. The topological polar surface area (TPSA) is 39.7 Å². The van der Waals surface area contributed by atoms with Crippen molar-refractivity contribution in [1.29, 1.82) is 0 Å². The minimum atomic E-state index is 0. The predicted octanol–water partition coefficient (Wildman–Crippen LogP) is 3.91. The van der Waals surface area contributed by atoms with E-state index >= 15 is 0 Å². The third kappa shape index (κ3) is 9.21. The number of aliphatic imine (C=N–C) groups is 1. The van der Waals surface area contributed by atoms with E-state index in [1.165, 1.54) is 57.3 Å². The molecular formula is C21H37IN4. The van der Waals surface area contributed by atoms with Crippen LogP contribution in [0.4, 0.5) is 0 Å². The smallest absolute Gasteiger partial charge is 0.190 e. The summed E-state index contributed by atoms with van der Waals surface area (Å²) >= 11 is 0. The molecule has 0 spiro atoms. The molecule has 5 heteroatoms. The number of likely N-dealkylation sites (tertiary alicyclic amines) is 1. The predicted molar refractivity (Wildman–Crippen MR) is 124 cm³/mol. The number of benzene rings is 1. The molecule has 1 aromatic rings. The lowest BCUT2D eigenvalue weighted by Crippen LogP contribution is -2.40. The molecule has 1 atom stereocenters. The van der Waals surface area contributed by atoms with Gasteiger partial charge < -0.3 is 15.5 Å². The summed E-state index contributed by atoms with van der Waals surface area (Å²) in [7, 11) is 1.86. The fourth-order valence-electron chi connectivity index (χ4n) is 3.43. The zero-order valence-electron chi connectivity index (χ0n) is 16.5. The van der Waals surface area contributed by atoms with E-state index in [4.69, 9.17) is 0 Å². The number of nitrogens with one attached hydrogen (secondary N) is 2. The number of halogens is 1. The van der Waals surface area contributed by atoms with E-state index < -0.39 is 0 Å². The van der Waals surface area contributed by atoms with Gasteiger partial charge in [-0.25, -0.2) is 0 Å². The third-order valence-corrected chi connectivity index (χ3v) is 5.03. The van der Waals surface area contributed by atoms with Gasteiger partial charge in [-0.05, 0) is 37.3 Å². The van der Waals surface area contributed by atoms with Crippen LogP contribution in [0.1, 0.15) is 44.6 Å². The second-order valence-electron chi connectivity index (χ2n) is 7.13. The van der Waals surface area contributed by atoms with E-state index in [0.717, 1.165) is 31.4 Å². The standard InChI is InChI=1S/C21H36N4.HI/c1-3-4-5-9-14-23-21(22-2)24-17-20-13-16-25(18-20)15-12-19-10-7-6-8-11-19;/h6-8,10-11,20H,3-5,9,12-18H2,1-2H3,(H2,22,23,24);1H. The van der Waals surface area contributed by atoms with Gasteiger partial charge in [-0.2, -0.15) is 0 Å². The molecule has 0 bridgehead atoms. The first-order valence-electron chi connectivity index (χ1n) is 10.0. The van der Waals surface area contributed by atoms with E-state index in [9.17, 15) is 0 Å². The quantitative estimate of drug-likeness (QED) is 0.235. The molecule has 1 aliphatic rings. The van der Waals surface area contributed by atoms with Gasteiger partial charge in [-0.15, -0.1) is 24.0 Å². The lowest BCUT2D eigenvalue weighted by atomic mass is 10.1. The van der Waals surface area contributed by atoms with Crippen molar-refractivity contribution < 1.29 is 0 Å². The molecule has 26 heavy (non-hydrogen) atoms. The molecule has 2 rings (SSSR count). The Kier molecular flexibility index (Phi) is 12.7. The first kappa shape index (κ1) is 23.2. The fourth-order valence-corrected chi connectivity index (χ4v) is 3.43. The minimum absolute atomic E-state index is 0. The molecule has 1 aromatic carbocycles. The second kappa shape index (κ2) is 14.3. The van der Waals surface area contributed by atoms with Crippen molar-refractivity contribution in [3.05, 3.63) is 35.9 Å². The van der Waals surface area contributed by atoms with Gasteiger partial charge >= 0.3 is 0 Å². The van der Waals surface area contributed by atoms with Crippen LogP contribution < -0.4 is 10.6 Å². The van der Waals surface area contributed by atoms with Crippen LogP contribution in [0.15, 0.2) is 35.3 Å². The maximum absolute atomic E-state index is 4.34. The maximum atomic E-state index is 4.34. The SMILES string of the molecule is CCCCCCNC(=NC)NCC1CCN(CCc2ccccc2)C1.I. The molecular weight excluding hydrogens is 435 g/mol. The van der Waals surface area contributed by atoms with Crippen LogP contribution in [0.25, 0.3) is 0 Å². The van der Waals surface area contributed by atoms with Crippen molar-refractivity contribution >= 4 is 29.9 Å². The molecule has 0 saturated carbocycles. The molecule has 2 N–H and O–H groups in total. The number of nitrogens with zero attached hydrogens (tertiary/aromatic N) is 2. The van der Waals surface area contributed by atoms with Crippen molar-refractivity contribution in [2.75, 3.05) is 39.8 Å². The number of unbranched alkanes of at least 4 members (excludes halogenated alkanes) is 3. The molecule has 0 radical (unpaired) electrons. The zero-order valence-corrected chi connectivity index (χ0v) is 18.9. The first-order chi connectivity index (χ1) is 12.3. The Balaban J connectivity index is 0.00000338. The van der Waals surface area contributed by atoms with Crippen molar-refractivity contribution in [1.82, 2.24) is 15.5 Å². The molecule has 148 valence electrons. The molecule has 0 aromatic heterocycles. The number of hydrogen-bond donors (Lipinski definition) is 2. The Labute approximate surface area is 177 Å². The van der Waals surface area contributed by atoms with Gasteiger partial charge in [0.25, 0.3) is 0 Å². The van der Waals surface area contributed by atoms with Crippen molar-refractivity contribution in [3.63, 3.8) is 0 Å². The highest BCUT2D eigenvalue weighted by Crippen LogP contribution is 2.16. The monoisotopic (exact) mass is 472 g/mol. The molecule has 1 heterocycles. The summed E-state index contributed by atoms with van der Waals surface area (Å²) in [4.78, 5) is 6.94. The van der Waals surface area contributed by atoms with Gasteiger partial charge in [0.15, 0.2) is 5.96 Å². The van der Waals surface area contributed by atoms with E-state index in [1.807, 2.05) is 7.05 Å². The highest BCUT2D eigenvalue weighted by Gasteiger charge is 2.22. The molecule has 1 unspecified atom stereocenters. The van der Waals surface area contributed by atoms with Crippen LogP contribution >= 0.6 is 24.0 Å². The highest BCUT2D eigenvalue weighted by atomic mass is 127. The second-order valence-corrected chi connectivity index (χ2v) is 7.13. The molecule has 1 fully saturated rings. The van der Waals surface area contributed by atoms with Gasteiger partial charge in [0, 0.05) is 33.2 Å². The van der Waals surface area contributed by atoms with Crippen molar-refractivity contribution in [2.24, 2.45) is 10.9 Å². The summed E-state index contributed by atoms with van der Waals surface area (Å²) < 4.78 is 0. The Morgan fingerprint density at radius 3 is 2.69 bits per heavy atom. The summed E-state index contributed by atoms with van der Waals surface area (Å²) in [5.41, 5.74) is 1.44. The lowest BCUT2D eigenvalue weighted by Gasteiger charge is -2.17. The Morgan fingerprint density at radius 1 is 1.15 bits per heavy atom. The van der Waals surface area contributed by atoms with E-state index in [1.54, 1.807) is 0 Å². The average Bonchev–Trinajstić information content (AvgIpc) is 3.11. The van der Waals surface area contributed by atoms with Crippen molar-refractivity contribution in [2.45, 2.75) is 45.4 Å². The lowest BCUT2D eigenvalue weighted by molar-refractivity contribution is 0.328. The van der Waals surface area contributed by atoms with Gasteiger partial charge in [-0.3, -0.25) is 4.99 Å². The normalized spacial score (nSPS) is 17.8. The van der Waals surface area contributed by atoms with E-state index in [-0.39, 0.29) is 24.0 Å². The average molecular weight is 472 g/mol. The van der Waals surface area contributed by atoms with Crippen molar-refractivity contribution in [3.8, 4) is 0 Å². The number of hydrogen-bond acceptors (Lipinski definition) is 2. The third-order valence-electron chi connectivity index (χ3n) is 5.03. The summed E-state index contributed by atoms with van der Waals surface area (Å²) in [6.45, 7) is 7.89. The number of rotatable bonds is 10. The molecule has 1 aliphatic heterocycles. The summed E-state index contributed by atoms with van der Waals surface area (Å²) in [5.74, 6) is 1.69. The van der Waals surface area contributed by atoms with Gasteiger partial charge in [0.2, 0.25) is 0 Å². The summed E-state index contributed by atoms with van der Waals surface area (Å²) in [6.07, 6.45) is 7.59. The van der Waals surface area contributed by atoms with Crippen LogP contribution in [0.3, 0.4) is 0 Å². The van der Waals surface area contributed by atoms with Gasteiger partial charge in [0.1, 0.15) is 0 Å². The van der Waals surface area contributed by atoms with Crippen LogP contribution in [-0.4, -0.2) is 50.6 Å². The zero-order chi connectivity index (χ0) is 17.7. The minimum Gasteiger partial charge on any atom is -0.356 e. The van der Waals surface area contributed by atoms with Gasteiger partial charge in [-0.1, -0.05) is 56.5 Å². The van der Waals surface area contributed by atoms with Crippen LogP contribution in [-0.2, 0) is 6.42 Å². The molecule has 0 aliphatic carbocycles. The molecule has 4 nitrogen and oxygen atoms in total. The van der Waals surface area contributed by atoms with E-state index in [2.05, 4.69) is 57.8 Å². The summed E-state index contributed by atoms with van der Waals surface area (Å²) in [5, 5.41) is 6.94. The van der Waals surface area contributed by atoms with Crippen LogP contribution in [0, 0.1) is 5.92 Å². The Hall–Kier alpha value is -0.820. The highest BCUT2D eigenvalue weighted by molar-refractivity contribution is 14.0. The van der Waals surface area contributed by atoms with Gasteiger partial charge in [0.05, 0.1) is 0 Å². The molecule has 0 amide bonds. The largest absolute Gasteiger partial charge is 0.356 e. The maximum Gasteiger partial charge on any atom is 0.190 e. The Morgan fingerprint density at radius 2 is 1.96 bits per heavy atom. The summed E-state index contributed by atoms with van der Waals surface area (Å²) in [6, 6.07) is 10.8. The van der Waals surface area contributed by atoms with Crippen LogP contribution in [0.5, 0.6) is 0 Å².